The zero-order chi connectivity index (χ0) is 12.3. The topological polar surface area (TPSA) is 41.3 Å². The Morgan fingerprint density at radius 3 is 2.94 bits per heavy atom. The van der Waals surface area contributed by atoms with Crippen molar-refractivity contribution in [3.05, 3.63) is 17.0 Å². The Morgan fingerprint density at radius 1 is 1.47 bits per heavy atom. The molecule has 17 heavy (non-hydrogen) atoms. The first-order valence-electron chi connectivity index (χ1n) is 6.58. The highest BCUT2D eigenvalue weighted by molar-refractivity contribution is 5.20. The summed E-state index contributed by atoms with van der Waals surface area (Å²) in [5.41, 5.74) is 2.30. The maximum Gasteiger partial charge on any atom is 0.138 e. The maximum atomic E-state index is 5.22. The second kappa shape index (κ2) is 5.65. The highest BCUT2D eigenvalue weighted by atomic mass is 16.5. The lowest BCUT2D eigenvalue weighted by Crippen LogP contribution is -2.45. The molecule has 1 saturated heterocycles. The SMILES string of the molecule is CCNC1CCCN(Cc2c(C)noc2C)C1. The summed E-state index contributed by atoms with van der Waals surface area (Å²) >= 11 is 0. The van der Waals surface area contributed by atoms with Gasteiger partial charge in [0.25, 0.3) is 0 Å². The van der Waals surface area contributed by atoms with Gasteiger partial charge < -0.3 is 9.84 Å². The van der Waals surface area contributed by atoms with Gasteiger partial charge in [-0.2, -0.15) is 0 Å². The Labute approximate surface area is 103 Å². The van der Waals surface area contributed by atoms with Crippen LogP contribution in [0.4, 0.5) is 0 Å². The number of likely N-dealkylation sites (N-methyl/N-ethyl adjacent to an activating group) is 1. The molecule has 0 saturated carbocycles. The summed E-state index contributed by atoms with van der Waals surface area (Å²) in [5, 5.41) is 7.56. The van der Waals surface area contributed by atoms with Crippen LogP contribution >= 0.6 is 0 Å². The minimum Gasteiger partial charge on any atom is -0.361 e. The van der Waals surface area contributed by atoms with Crippen molar-refractivity contribution in [1.29, 1.82) is 0 Å². The monoisotopic (exact) mass is 237 g/mol. The molecule has 0 spiro atoms. The highest BCUT2D eigenvalue weighted by Gasteiger charge is 2.21. The largest absolute Gasteiger partial charge is 0.361 e. The fourth-order valence-corrected chi connectivity index (χ4v) is 2.61. The molecule has 1 unspecified atom stereocenters. The summed E-state index contributed by atoms with van der Waals surface area (Å²) in [6.45, 7) is 10.6. The molecule has 0 aliphatic carbocycles. The van der Waals surface area contributed by atoms with Gasteiger partial charge in [-0.05, 0) is 39.8 Å². The van der Waals surface area contributed by atoms with Gasteiger partial charge in [0.15, 0.2) is 0 Å². The molecule has 0 radical (unpaired) electrons. The van der Waals surface area contributed by atoms with Gasteiger partial charge in [0.05, 0.1) is 5.69 Å². The first-order chi connectivity index (χ1) is 8.20. The number of nitrogens with one attached hydrogen (secondary N) is 1. The minimum absolute atomic E-state index is 0.647. The molecule has 2 heterocycles. The quantitative estimate of drug-likeness (QED) is 0.868. The molecule has 1 aromatic heterocycles. The van der Waals surface area contributed by atoms with Gasteiger partial charge in [-0.1, -0.05) is 12.1 Å². The van der Waals surface area contributed by atoms with Gasteiger partial charge in [-0.15, -0.1) is 0 Å². The first kappa shape index (κ1) is 12.6. The normalized spacial score (nSPS) is 21.9. The number of hydrogen-bond acceptors (Lipinski definition) is 4. The van der Waals surface area contributed by atoms with Crippen molar-refractivity contribution >= 4 is 0 Å². The molecule has 1 fully saturated rings. The molecule has 0 bridgehead atoms. The number of rotatable bonds is 4. The van der Waals surface area contributed by atoms with Crippen molar-refractivity contribution in [3.8, 4) is 0 Å². The van der Waals surface area contributed by atoms with Crippen LogP contribution in [0.15, 0.2) is 4.52 Å². The van der Waals surface area contributed by atoms with E-state index in [1.54, 1.807) is 0 Å². The summed E-state index contributed by atoms with van der Waals surface area (Å²) in [6, 6.07) is 0.647. The van der Waals surface area contributed by atoms with E-state index in [1.807, 2.05) is 13.8 Å². The Hall–Kier alpha value is -0.870. The van der Waals surface area contributed by atoms with Crippen LogP contribution < -0.4 is 5.32 Å². The van der Waals surface area contributed by atoms with Gasteiger partial charge in [-0.25, -0.2) is 0 Å². The first-order valence-corrected chi connectivity index (χ1v) is 6.58. The van der Waals surface area contributed by atoms with Crippen molar-refractivity contribution in [2.45, 2.75) is 46.2 Å². The molecule has 4 nitrogen and oxygen atoms in total. The third kappa shape index (κ3) is 3.07. The number of likely N-dealkylation sites (tertiary alicyclic amines) is 1. The third-order valence-electron chi connectivity index (χ3n) is 3.56. The number of hydrogen-bond donors (Lipinski definition) is 1. The summed E-state index contributed by atoms with van der Waals surface area (Å²) in [5.74, 6) is 0.966. The summed E-state index contributed by atoms with van der Waals surface area (Å²) in [6.07, 6.45) is 2.58. The van der Waals surface area contributed by atoms with E-state index in [9.17, 15) is 0 Å². The predicted molar refractivity (Wildman–Crippen MR) is 68.0 cm³/mol. The van der Waals surface area contributed by atoms with E-state index in [0.29, 0.717) is 6.04 Å². The average Bonchev–Trinajstić information content (AvgIpc) is 2.62. The van der Waals surface area contributed by atoms with Gasteiger partial charge in [0.2, 0.25) is 0 Å². The van der Waals surface area contributed by atoms with E-state index in [4.69, 9.17) is 4.52 Å². The van der Waals surface area contributed by atoms with Crippen LogP contribution in [0.2, 0.25) is 0 Å². The van der Waals surface area contributed by atoms with Gasteiger partial charge in [0.1, 0.15) is 5.76 Å². The minimum atomic E-state index is 0.647. The van der Waals surface area contributed by atoms with Crippen molar-refractivity contribution in [2.75, 3.05) is 19.6 Å². The predicted octanol–water partition coefficient (Wildman–Crippen LogP) is 1.87. The second-order valence-electron chi connectivity index (χ2n) is 4.93. The van der Waals surface area contributed by atoms with E-state index in [1.165, 1.54) is 24.9 Å². The van der Waals surface area contributed by atoms with Crippen LogP contribution in [-0.2, 0) is 6.54 Å². The lowest BCUT2D eigenvalue weighted by molar-refractivity contribution is 0.183. The molecular formula is C13H23N3O. The Balaban J connectivity index is 1.94. The average molecular weight is 237 g/mol. The summed E-state index contributed by atoms with van der Waals surface area (Å²) < 4.78 is 5.22. The van der Waals surface area contributed by atoms with E-state index in [0.717, 1.165) is 31.1 Å². The molecule has 1 aliphatic rings. The molecule has 2 rings (SSSR count). The standard InChI is InChI=1S/C13H23N3O/c1-4-14-12-6-5-7-16(8-12)9-13-10(2)15-17-11(13)3/h12,14H,4-9H2,1-3H3. The maximum absolute atomic E-state index is 5.22. The summed E-state index contributed by atoms with van der Waals surface area (Å²) in [7, 11) is 0. The van der Waals surface area contributed by atoms with Crippen LogP contribution in [0, 0.1) is 13.8 Å². The Kier molecular flexibility index (Phi) is 4.18. The van der Waals surface area contributed by atoms with Gasteiger partial charge >= 0.3 is 0 Å². The Morgan fingerprint density at radius 2 is 2.29 bits per heavy atom. The molecule has 1 aromatic rings. The Bertz CT molecular complexity index is 340. The van der Waals surface area contributed by atoms with Crippen LogP contribution in [0.1, 0.15) is 36.8 Å². The molecule has 1 N–H and O–H groups in total. The molecule has 96 valence electrons. The van der Waals surface area contributed by atoms with E-state index >= 15 is 0 Å². The zero-order valence-corrected chi connectivity index (χ0v) is 11.1. The third-order valence-corrected chi connectivity index (χ3v) is 3.56. The van der Waals surface area contributed by atoms with E-state index in [2.05, 4.69) is 22.3 Å². The lowest BCUT2D eigenvalue weighted by Gasteiger charge is -2.33. The molecule has 0 amide bonds. The highest BCUT2D eigenvalue weighted by Crippen LogP contribution is 2.18. The number of nitrogens with zero attached hydrogens (tertiary/aromatic N) is 2. The van der Waals surface area contributed by atoms with Gasteiger partial charge in [0, 0.05) is 24.7 Å². The number of aryl methyl sites for hydroxylation is 2. The molecule has 1 atom stereocenters. The molecule has 0 aromatic carbocycles. The smallest absolute Gasteiger partial charge is 0.138 e. The lowest BCUT2D eigenvalue weighted by atomic mass is 10.0. The fourth-order valence-electron chi connectivity index (χ4n) is 2.61. The molecular weight excluding hydrogens is 214 g/mol. The van der Waals surface area contributed by atoms with Crippen molar-refractivity contribution < 1.29 is 4.52 Å². The number of aromatic nitrogens is 1. The molecule has 1 aliphatic heterocycles. The van der Waals surface area contributed by atoms with Crippen molar-refractivity contribution in [1.82, 2.24) is 15.4 Å². The van der Waals surface area contributed by atoms with Crippen LogP contribution in [0.25, 0.3) is 0 Å². The van der Waals surface area contributed by atoms with Crippen LogP contribution in [0.3, 0.4) is 0 Å². The van der Waals surface area contributed by atoms with Crippen molar-refractivity contribution in [2.24, 2.45) is 0 Å². The van der Waals surface area contributed by atoms with Crippen LogP contribution in [-0.4, -0.2) is 35.7 Å². The van der Waals surface area contributed by atoms with E-state index < -0.39 is 0 Å². The van der Waals surface area contributed by atoms with Crippen LogP contribution in [0.5, 0.6) is 0 Å². The van der Waals surface area contributed by atoms with Crippen molar-refractivity contribution in [3.63, 3.8) is 0 Å². The zero-order valence-electron chi connectivity index (χ0n) is 11.1. The number of piperidine rings is 1. The van der Waals surface area contributed by atoms with E-state index in [-0.39, 0.29) is 0 Å². The summed E-state index contributed by atoms with van der Waals surface area (Å²) in [4.78, 5) is 2.50. The molecule has 4 heteroatoms. The second-order valence-corrected chi connectivity index (χ2v) is 4.93. The van der Waals surface area contributed by atoms with Gasteiger partial charge in [-0.3, -0.25) is 4.90 Å². The fraction of sp³-hybridized carbons (Fsp3) is 0.769.